The Morgan fingerprint density at radius 1 is 1.32 bits per heavy atom. The average molecular weight is 258 g/mol. The summed E-state index contributed by atoms with van der Waals surface area (Å²) in [4.78, 5) is 0. The van der Waals surface area contributed by atoms with Crippen LogP contribution in [0.3, 0.4) is 0 Å². The van der Waals surface area contributed by atoms with Gasteiger partial charge in [-0.1, -0.05) is 25.1 Å². The Bertz CT molecular complexity index is 545. The van der Waals surface area contributed by atoms with Gasteiger partial charge < -0.3 is 0 Å². The lowest BCUT2D eigenvalue weighted by atomic mass is 9.96. The highest BCUT2D eigenvalue weighted by atomic mass is 15.3. The number of hydrazine groups is 1. The third-order valence-corrected chi connectivity index (χ3v) is 3.60. The molecule has 0 spiro atoms. The summed E-state index contributed by atoms with van der Waals surface area (Å²) in [6, 6.07) is 8.32. The molecule has 0 fully saturated rings. The Labute approximate surface area is 114 Å². The van der Waals surface area contributed by atoms with Crippen molar-refractivity contribution in [2.24, 2.45) is 5.84 Å². The summed E-state index contributed by atoms with van der Waals surface area (Å²) < 4.78 is 2.02. The number of nitrogens with two attached hydrogens (primary N) is 1. The van der Waals surface area contributed by atoms with Crippen molar-refractivity contribution in [1.29, 1.82) is 0 Å². The second kappa shape index (κ2) is 5.99. The van der Waals surface area contributed by atoms with Crippen molar-refractivity contribution < 1.29 is 0 Å². The van der Waals surface area contributed by atoms with E-state index < -0.39 is 0 Å². The number of aromatic nitrogens is 2. The summed E-state index contributed by atoms with van der Waals surface area (Å²) >= 11 is 0. The van der Waals surface area contributed by atoms with E-state index in [4.69, 9.17) is 5.84 Å². The molecule has 1 unspecified atom stereocenters. The van der Waals surface area contributed by atoms with Crippen molar-refractivity contribution in [3.05, 3.63) is 52.8 Å². The van der Waals surface area contributed by atoms with Crippen molar-refractivity contribution in [3.63, 3.8) is 0 Å². The van der Waals surface area contributed by atoms with Gasteiger partial charge in [0.2, 0.25) is 0 Å². The van der Waals surface area contributed by atoms with E-state index >= 15 is 0 Å². The summed E-state index contributed by atoms with van der Waals surface area (Å²) in [6.45, 7) is 7.31. The van der Waals surface area contributed by atoms with Gasteiger partial charge in [0.15, 0.2) is 0 Å². The zero-order chi connectivity index (χ0) is 13.8. The molecule has 4 nitrogen and oxygen atoms in total. The molecule has 1 atom stereocenters. The highest BCUT2D eigenvalue weighted by Gasteiger charge is 2.18. The van der Waals surface area contributed by atoms with Crippen molar-refractivity contribution in [1.82, 2.24) is 15.2 Å². The molecule has 0 aliphatic rings. The lowest BCUT2D eigenvalue weighted by Crippen LogP contribution is -2.31. The quantitative estimate of drug-likeness (QED) is 0.640. The number of benzene rings is 1. The second-order valence-corrected chi connectivity index (χ2v) is 4.87. The molecule has 0 aliphatic heterocycles. The van der Waals surface area contributed by atoms with Gasteiger partial charge in [0.1, 0.15) is 0 Å². The number of hydrogen-bond donors (Lipinski definition) is 2. The van der Waals surface area contributed by atoms with Crippen LogP contribution in [-0.4, -0.2) is 9.78 Å². The minimum Gasteiger partial charge on any atom is -0.271 e. The minimum atomic E-state index is -0.0195. The third-order valence-electron chi connectivity index (χ3n) is 3.60. The first-order chi connectivity index (χ1) is 9.19. The van der Waals surface area contributed by atoms with Crippen LogP contribution in [0.4, 0.5) is 0 Å². The lowest BCUT2D eigenvalue weighted by molar-refractivity contribution is 0.520. The summed E-state index contributed by atoms with van der Waals surface area (Å²) in [5, 5.41) is 4.37. The fourth-order valence-electron chi connectivity index (χ4n) is 2.41. The van der Waals surface area contributed by atoms with Gasteiger partial charge in [-0.05, 0) is 43.0 Å². The van der Waals surface area contributed by atoms with E-state index in [1.807, 2.05) is 16.9 Å². The average Bonchev–Trinajstić information content (AvgIpc) is 2.84. The molecule has 0 amide bonds. The first kappa shape index (κ1) is 13.8. The monoisotopic (exact) mass is 258 g/mol. The molecule has 0 radical (unpaired) electrons. The molecule has 0 saturated carbocycles. The van der Waals surface area contributed by atoms with Crippen LogP contribution in [-0.2, 0) is 6.54 Å². The fraction of sp³-hybridized carbons (Fsp3) is 0.400. The van der Waals surface area contributed by atoms with Crippen LogP contribution < -0.4 is 11.3 Å². The van der Waals surface area contributed by atoms with Crippen LogP contribution in [0.1, 0.15) is 41.8 Å². The predicted octanol–water partition coefficient (Wildman–Crippen LogP) is 2.46. The molecule has 0 bridgehead atoms. The Morgan fingerprint density at radius 3 is 2.79 bits per heavy atom. The van der Waals surface area contributed by atoms with Gasteiger partial charge in [-0.15, -0.1) is 0 Å². The van der Waals surface area contributed by atoms with E-state index in [1.54, 1.807) is 0 Å². The summed E-state index contributed by atoms with van der Waals surface area (Å²) in [7, 11) is 0. The molecular formula is C15H22N4. The maximum Gasteiger partial charge on any atom is 0.0880 e. The lowest BCUT2D eigenvalue weighted by Gasteiger charge is -2.21. The number of aryl methyl sites for hydroxylation is 2. The van der Waals surface area contributed by atoms with E-state index in [2.05, 4.69) is 49.5 Å². The molecule has 0 aliphatic carbocycles. The zero-order valence-corrected chi connectivity index (χ0v) is 11.9. The zero-order valence-electron chi connectivity index (χ0n) is 11.9. The van der Waals surface area contributed by atoms with Crippen LogP contribution in [0.15, 0.2) is 30.5 Å². The van der Waals surface area contributed by atoms with E-state index in [9.17, 15) is 0 Å². The number of nitrogens with zero attached hydrogens (tertiary/aromatic N) is 2. The van der Waals surface area contributed by atoms with Crippen molar-refractivity contribution in [2.45, 2.75) is 39.8 Å². The topological polar surface area (TPSA) is 55.9 Å². The Morgan fingerprint density at radius 2 is 2.11 bits per heavy atom. The first-order valence-electron chi connectivity index (χ1n) is 6.73. The van der Waals surface area contributed by atoms with Gasteiger partial charge in [0.05, 0.1) is 11.7 Å². The minimum absolute atomic E-state index is 0.0195. The number of nitrogens with one attached hydrogen (secondary N) is 1. The number of rotatable bonds is 5. The van der Waals surface area contributed by atoms with E-state index in [0.717, 1.165) is 18.7 Å². The largest absolute Gasteiger partial charge is 0.271 e. The van der Waals surface area contributed by atoms with Gasteiger partial charge in [-0.3, -0.25) is 10.5 Å². The fourth-order valence-corrected chi connectivity index (χ4v) is 2.41. The molecule has 2 aromatic rings. The molecular weight excluding hydrogens is 236 g/mol. The Kier molecular flexibility index (Phi) is 4.35. The maximum absolute atomic E-state index is 5.79. The Balaban J connectivity index is 2.44. The summed E-state index contributed by atoms with van der Waals surface area (Å²) in [5.41, 5.74) is 7.79. The Hall–Kier alpha value is -1.65. The van der Waals surface area contributed by atoms with E-state index in [0.29, 0.717) is 0 Å². The van der Waals surface area contributed by atoms with Gasteiger partial charge in [-0.25, -0.2) is 5.43 Å². The van der Waals surface area contributed by atoms with Gasteiger partial charge in [-0.2, -0.15) is 5.10 Å². The van der Waals surface area contributed by atoms with Crippen molar-refractivity contribution in [3.8, 4) is 0 Å². The molecule has 19 heavy (non-hydrogen) atoms. The molecule has 0 saturated heterocycles. The first-order valence-corrected chi connectivity index (χ1v) is 6.73. The van der Waals surface area contributed by atoms with E-state index in [-0.39, 0.29) is 6.04 Å². The second-order valence-electron chi connectivity index (χ2n) is 4.87. The van der Waals surface area contributed by atoms with E-state index in [1.165, 1.54) is 16.7 Å². The van der Waals surface area contributed by atoms with Gasteiger partial charge >= 0.3 is 0 Å². The van der Waals surface area contributed by atoms with Crippen LogP contribution in [0.5, 0.6) is 0 Å². The molecule has 1 aromatic carbocycles. The molecule has 102 valence electrons. The molecule has 3 N–H and O–H groups in total. The highest BCUT2D eigenvalue weighted by Crippen LogP contribution is 2.25. The molecule has 2 rings (SSSR count). The SMILES string of the molecule is CCCn1nccc1C(NN)c1cccc(C)c1C. The normalized spacial score (nSPS) is 12.6. The van der Waals surface area contributed by atoms with Gasteiger partial charge in [0, 0.05) is 12.7 Å². The van der Waals surface area contributed by atoms with Crippen molar-refractivity contribution >= 4 is 0 Å². The van der Waals surface area contributed by atoms with Crippen LogP contribution in [0.25, 0.3) is 0 Å². The van der Waals surface area contributed by atoms with Crippen LogP contribution in [0.2, 0.25) is 0 Å². The predicted molar refractivity (Wildman–Crippen MR) is 77.6 cm³/mol. The van der Waals surface area contributed by atoms with Crippen LogP contribution >= 0.6 is 0 Å². The van der Waals surface area contributed by atoms with Crippen LogP contribution in [0, 0.1) is 13.8 Å². The van der Waals surface area contributed by atoms with Gasteiger partial charge in [0.25, 0.3) is 0 Å². The molecule has 1 heterocycles. The summed E-state index contributed by atoms with van der Waals surface area (Å²) in [6.07, 6.45) is 2.89. The summed E-state index contributed by atoms with van der Waals surface area (Å²) in [5.74, 6) is 5.79. The highest BCUT2D eigenvalue weighted by molar-refractivity contribution is 5.38. The standard InChI is InChI=1S/C15H22N4/c1-4-10-19-14(8-9-17-19)15(18-16)13-7-5-6-11(2)12(13)3/h5-9,15,18H,4,10,16H2,1-3H3. The molecule has 1 aromatic heterocycles. The smallest absolute Gasteiger partial charge is 0.0880 e. The number of hydrogen-bond acceptors (Lipinski definition) is 3. The van der Waals surface area contributed by atoms with Crippen molar-refractivity contribution in [2.75, 3.05) is 0 Å². The molecule has 4 heteroatoms. The maximum atomic E-state index is 5.79. The third kappa shape index (κ3) is 2.69.